The molecule has 2 aromatic rings. The van der Waals surface area contributed by atoms with Crippen molar-refractivity contribution in [3.63, 3.8) is 0 Å². The van der Waals surface area contributed by atoms with Gasteiger partial charge in [0, 0.05) is 29.7 Å². The van der Waals surface area contributed by atoms with Crippen LogP contribution in [0.15, 0.2) is 47.8 Å². The number of benzene rings is 1. The second-order valence-electron chi connectivity index (χ2n) is 5.39. The van der Waals surface area contributed by atoms with E-state index in [1.807, 2.05) is 11.3 Å². The summed E-state index contributed by atoms with van der Waals surface area (Å²) in [4.78, 5) is 3.92. The van der Waals surface area contributed by atoms with Crippen LogP contribution in [0.1, 0.15) is 11.3 Å². The molecule has 2 unspecified atom stereocenters. The maximum atomic E-state index is 6.24. The van der Waals surface area contributed by atoms with E-state index >= 15 is 0 Å². The lowest BCUT2D eigenvalue weighted by atomic mass is 9.91. The molecule has 19 heavy (non-hydrogen) atoms. The third-order valence-corrected chi connectivity index (χ3v) is 4.66. The van der Waals surface area contributed by atoms with Crippen LogP contribution in [-0.4, -0.2) is 19.1 Å². The molecule has 1 saturated heterocycles. The Kier molecular flexibility index (Phi) is 3.85. The molecule has 0 spiro atoms. The van der Waals surface area contributed by atoms with Gasteiger partial charge in [-0.15, -0.1) is 11.3 Å². The molecule has 0 radical (unpaired) electrons. The Morgan fingerprint density at radius 2 is 1.95 bits per heavy atom. The molecule has 0 saturated carbocycles. The van der Waals surface area contributed by atoms with Crippen molar-refractivity contribution < 1.29 is 0 Å². The van der Waals surface area contributed by atoms with Gasteiger partial charge >= 0.3 is 0 Å². The van der Waals surface area contributed by atoms with Gasteiger partial charge in [-0.3, -0.25) is 0 Å². The van der Waals surface area contributed by atoms with Crippen molar-refractivity contribution in [1.29, 1.82) is 0 Å². The van der Waals surface area contributed by atoms with Gasteiger partial charge in [0.15, 0.2) is 0 Å². The van der Waals surface area contributed by atoms with E-state index in [9.17, 15) is 0 Å². The highest BCUT2D eigenvalue weighted by atomic mass is 32.1. The maximum absolute atomic E-state index is 6.24. The van der Waals surface area contributed by atoms with E-state index in [0.29, 0.717) is 12.0 Å². The van der Waals surface area contributed by atoms with Crippen LogP contribution in [0.4, 0.5) is 5.69 Å². The lowest BCUT2D eigenvalue weighted by Gasteiger charge is -2.37. The highest BCUT2D eigenvalue weighted by molar-refractivity contribution is 7.09. The quantitative estimate of drug-likeness (QED) is 0.930. The van der Waals surface area contributed by atoms with Gasteiger partial charge in [0.2, 0.25) is 0 Å². The Hall–Kier alpha value is -1.32. The van der Waals surface area contributed by atoms with Crippen molar-refractivity contribution in [2.24, 2.45) is 11.7 Å². The predicted octanol–water partition coefficient (Wildman–Crippen LogP) is 3.14. The molecular weight excluding hydrogens is 252 g/mol. The van der Waals surface area contributed by atoms with Crippen LogP contribution < -0.4 is 10.6 Å². The number of thiophene rings is 1. The van der Waals surface area contributed by atoms with Gasteiger partial charge in [0.05, 0.1) is 0 Å². The number of hydrogen-bond acceptors (Lipinski definition) is 3. The monoisotopic (exact) mass is 272 g/mol. The molecule has 1 aromatic heterocycles. The van der Waals surface area contributed by atoms with Gasteiger partial charge in [-0.1, -0.05) is 24.3 Å². The van der Waals surface area contributed by atoms with E-state index in [4.69, 9.17) is 5.73 Å². The Labute approximate surface area is 118 Å². The van der Waals surface area contributed by atoms with Crippen molar-refractivity contribution in [3.8, 4) is 0 Å². The summed E-state index contributed by atoms with van der Waals surface area (Å²) >= 11 is 1.86. The van der Waals surface area contributed by atoms with Gasteiger partial charge in [-0.25, -0.2) is 0 Å². The lowest BCUT2D eigenvalue weighted by Crippen LogP contribution is -2.47. The van der Waals surface area contributed by atoms with Gasteiger partial charge in [-0.2, -0.15) is 0 Å². The van der Waals surface area contributed by atoms with E-state index < -0.39 is 0 Å². The van der Waals surface area contributed by atoms with E-state index in [0.717, 1.165) is 25.9 Å². The molecule has 0 amide bonds. The van der Waals surface area contributed by atoms with Crippen LogP contribution in [0.25, 0.3) is 0 Å². The average molecular weight is 272 g/mol. The molecule has 1 aliphatic rings. The van der Waals surface area contributed by atoms with Gasteiger partial charge in [0.25, 0.3) is 0 Å². The SMILES string of the molecule is NC1CC(Cc2cccs2)CN(c2ccccc2)C1. The smallest absolute Gasteiger partial charge is 0.0366 e. The fourth-order valence-corrected chi connectivity index (χ4v) is 3.78. The fourth-order valence-electron chi connectivity index (χ4n) is 2.96. The minimum Gasteiger partial charge on any atom is -0.370 e. The molecule has 3 rings (SSSR count). The average Bonchev–Trinajstić information content (AvgIpc) is 2.92. The number of hydrogen-bond donors (Lipinski definition) is 1. The van der Waals surface area contributed by atoms with Crippen molar-refractivity contribution in [3.05, 3.63) is 52.7 Å². The lowest BCUT2D eigenvalue weighted by molar-refractivity contribution is 0.376. The van der Waals surface area contributed by atoms with Crippen LogP contribution in [0.2, 0.25) is 0 Å². The third kappa shape index (κ3) is 3.17. The first-order chi connectivity index (χ1) is 9.31. The Balaban J connectivity index is 1.70. The summed E-state index contributed by atoms with van der Waals surface area (Å²) < 4.78 is 0. The normalized spacial score (nSPS) is 23.5. The Morgan fingerprint density at radius 1 is 1.11 bits per heavy atom. The summed E-state index contributed by atoms with van der Waals surface area (Å²) in [6, 6.07) is 15.3. The summed E-state index contributed by atoms with van der Waals surface area (Å²) in [7, 11) is 0. The fraction of sp³-hybridized carbons (Fsp3) is 0.375. The van der Waals surface area contributed by atoms with Crippen LogP contribution in [0.5, 0.6) is 0 Å². The Morgan fingerprint density at radius 3 is 2.68 bits per heavy atom. The predicted molar refractivity (Wildman–Crippen MR) is 82.8 cm³/mol. The highest BCUT2D eigenvalue weighted by Gasteiger charge is 2.25. The zero-order valence-corrected chi connectivity index (χ0v) is 11.9. The largest absolute Gasteiger partial charge is 0.370 e. The van der Waals surface area contributed by atoms with E-state index in [1.54, 1.807) is 0 Å². The molecule has 1 aromatic carbocycles. The first-order valence-corrected chi connectivity index (χ1v) is 7.77. The van der Waals surface area contributed by atoms with Gasteiger partial charge in [-0.05, 0) is 42.3 Å². The maximum Gasteiger partial charge on any atom is 0.0366 e. The number of nitrogens with zero attached hydrogens (tertiary/aromatic N) is 1. The topological polar surface area (TPSA) is 29.3 Å². The minimum absolute atomic E-state index is 0.291. The second kappa shape index (κ2) is 5.76. The number of piperidine rings is 1. The van der Waals surface area contributed by atoms with Crippen molar-refractivity contribution >= 4 is 17.0 Å². The molecule has 2 N–H and O–H groups in total. The Bertz CT molecular complexity index is 495. The highest BCUT2D eigenvalue weighted by Crippen LogP contribution is 2.26. The second-order valence-corrected chi connectivity index (χ2v) is 6.42. The zero-order chi connectivity index (χ0) is 13.1. The summed E-state index contributed by atoms with van der Waals surface area (Å²) in [6.07, 6.45) is 2.30. The van der Waals surface area contributed by atoms with Gasteiger partial charge in [0.1, 0.15) is 0 Å². The molecule has 3 heteroatoms. The summed E-state index contributed by atoms with van der Waals surface area (Å²) in [5.41, 5.74) is 7.54. The first kappa shape index (κ1) is 12.7. The van der Waals surface area contributed by atoms with Gasteiger partial charge < -0.3 is 10.6 Å². The molecule has 2 heterocycles. The summed E-state index contributed by atoms with van der Waals surface area (Å²) in [6.45, 7) is 2.10. The molecule has 2 nitrogen and oxygen atoms in total. The molecule has 0 aliphatic carbocycles. The molecule has 2 atom stereocenters. The van der Waals surface area contributed by atoms with Crippen LogP contribution in [-0.2, 0) is 6.42 Å². The van der Waals surface area contributed by atoms with E-state index in [-0.39, 0.29) is 0 Å². The van der Waals surface area contributed by atoms with Crippen LogP contribution >= 0.6 is 11.3 Å². The van der Waals surface area contributed by atoms with Crippen molar-refractivity contribution in [1.82, 2.24) is 0 Å². The minimum atomic E-state index is 0.291. The molecule has 0 bridgehead atoms. The number of anilines is 1. The number of nitrogens with two attached hydrogens (primary N) is 1. The first-order valence-electron chi connectivity index (χ1n) is 6.89. The molecule has 1 aliphatic heterocycles. The third-order valence-electron chi connectivity index (χ3n) is 3.76. The molecule has 1 fully saturated rings. The molecular formula is C16H20N2S. The van der Waals surface area contributed by atoms with Crippen LogP contribution in [0, 0.1) is 5.92 Å². The van der Waals surface area contributed by atoms with Crippen molar-refractivity contribution in [2.45, 2.75) is 18.9 Å². The number of para-hydroxylation sites is 1. The van der Waals surface area contributed by atoms with E-state index in [1.165, 1.54) is 10.6 Å². The number of rotatable bonds is 3. The summed E-state index contributed by atoms with van der Waals surface area (Å²) in [5, 5.41) is 2.16. The van der Waals surface area contributed by atoms with Crippen molar-refractivity contribution in [2.75, 3.05) is 18.0 Å². The molecule has 100 valence electrons. The standard InChI is InChI=1S/C16H20N2S/c17-14-9-13(10-16-7-4-8-19-16)11-18(12-14)15-5-2-1-3-6-15/h1-8,13-14H,9-12,17H2. The van der Waals surface area contributed by atoms with Crippen LogP contribution in [0.3, 0.4) is 0 Å². The zero-order valence-electron chi connectivity index (χ0n) is 11.0. The summed E-state index contributed by atoms with van der Waals surface area (Å²) in [5.74, 6) is 0.669. The van der Waals surface area contributed by atoms with E-state index in [2.05, 4.69) is 52.7 Å².